The molecule has 0 unspecified atom stereocenters. The van der Waals surface area contributed by atoms with Crippen molar-refractivity contribution in [2.24, 2.45) is 0 Å². The molecule has 0 fully saturated rings. The summed E-state index contributed by atoms with van der Waals surface area (Å²) in [7, 11) is 3.38. The molecule has 1 aliphatic carbocycles. The van der Waals surface area contributed by atoms with Gasteiger partial charge >= 0.3 is 0 Å². The van der Waals surface area contributed by atoms with E-state index in [0.29, 0.717) is 39.6 Å². The van der Waals surface area contributed by atoms with Crippen LogP contribution in [0.2, 0.25) is 0 Å². The summed E-state index contributed by atoms with van der Waals surface area (Å²) in [6, 6.07) is 19.1. The van der Waals surface area contributed by atoms with Crippen LogP contribution in [0.1, 0.15) is 24.0 Å². The van der Waals surface area contributed by atoms with Crippen LogP contribution in [0.5, 0.6) is 0 Å². The maximum Gasteiger partial charge on any atom is 0.0700 e. The highest BCUT2D eigenvalue weighted by Crippen LogP contribution is 2.52. The van der Waals surface area contributed by atoms with E-state index in [2.05, 4.69) is 36.4 Å². The average Bonchev–Trinajstić information content (AvgIpc) is 2.99. The van der Waals surface area contributed by atoms with Crippen molar-refractivity contribution in [3.63, 3.8) is 0 Å². The zero-order chi connectivity index (χ0) is 19.0. The van der Waals surface area contributed by atoms with Gasteiger partial charge in [-0.3, -0.25) is 0 Å². The molecule has 144 valence electrons. The lowest BCUT2D eigenvalue weighted by molar-refractivity contribution is 0.0490. The van der Waals surface area contributed by atoms with Crippen molar-refractivity contribution >= 4 is 0 Å². The zero-order valence-electron chi connectivity index (χ0n) is 16.3. The number of hydrogen-bond acceptors (Lipinski definition) is 4. The minimum atomic E-state index is -0.139. The molecule has 0 aromatic heterocycles. The van der Waals surface area contributed by atoms with Crippen molar-refractivity contribution in [3.05, 3.63) is 59.7 Å². The summed E-state index contributed by atoms with van der Waals surface area (Å²) in [6.45, 7) is 3.79. The maximum atomic E-state index is 5.83. The predicted octanol–water partition coefficient (Wildman–Crippen LogP) is 3.66. The average molecular weight is 368 g/mol. The normalized spacial score (nSPS) is 14.1. The van der Waals surface area contributed by atoms with Gasteiger partial charge in [0.2, 0.25) is 0 Å². The Hall–Kier alpha value is -1.72. The van der Waals surface area contributed by atoms with E-state index in [-0.39, 0.29) is 5.41 Å². The summed E-state index contributed by atoms with van der Waals surface area (Å²) in [5.41, 5.74) is 5.05. The standard InChI is InChI=1S/C23H28O4/c1-24-15-17-26-13-11-23(12-14-27-18-16-25-2)21-9-5-3-7-19(21)20-8-4-6-10-22(20)23/h3-4,7-10H,11-18H2,1-2H3. The maximum absolute atomic E-state index is 5.83. The van der Waals surface area contributed by atoms with E-state index in [4.69, 9.17) is 18.9 Å². The minimum absolute atomic E-state index is 0.139. The summed E-state index contributed by atoms with van der Waals surface area (Å²) < 4.78 is 21.8. The van der Waals surface area contributed by atoms with E-state index < -0.39 is 0 Å². The van der Waals surface area contributed by atoms with E-state index in [1.807, 2.05) is 12.1 Å². The summed E-state index contributed by atoms with van der Waals surface area (Å²) in [5, 5.41) is 0. The second kappa shape index (κ2) is 10.00. The van der Waals surface area contributed by atoms with Gasteiger partial charge in [0.05, 0.1) is 26.4 Å². The third kappa shape index (κ3) is 4.41. The molecule has 0 bridgehead atoms. The zero-order valence-corrected chi connectivity index (χ0v) is 16.3. The molecule has 2 aromatic carbocycles. The fourth-order valence-corrected chi connectivity index (χ4v) is 3.91. The molecular formula is C23H28O4. The second-order valence-electron chi connectivity index (χ2n) is 6.74. The van der Waals surface area contributed by atoms with E-state index in [9.17, 15) is 0 Å². The number of ether oxygens (including phenoxy) is 4. The molecule has 4 nitrogen and oxygen atoms in total. The molecule has 0 amide bonds. The van der Waals surface area contributed by atoms with Gasteiger partial charge in [-0.25, -0.2) is 0 Å². The Morgan fingerprint density at radius 3 is 1.63 bits per heavy atom. The number of hydrogen-bond donors (Lipinski definition) is 0. The Balaban J connectivity index is 1.84. The van der Waals surface area contributed by atoms with Crippen molar-refractivity contribution in [3.8, 4) is 11.1 Å². The van der Waals surface area contributed by atoms with E-state index >= 15 is 0 Å². The fraction of sp³-hybridized carbons (Fsp3) is 0.478. The molecule has 0 atom stereocenters. The van der Waals surface area contributed by atoms with Crippen LogP contribution in [0.15, 0.2) is 36.4 Å². The van der Waals surface area contributed by atoms with Crippen LogP contribution in [-0.4, -0.2) is 53.9 Å². The van der Waals surface area contributed by atoms with Gasteiger partial charge in [0, 0.05) is 32.8 Å². The van der Waals surface area contributed by atoms with Gasteiger partial charge in [0.1, 0.15) is 0 Å². The Kier molecular flexibility index (Phi) is 7.41. The monoisotopic (exact) mass is 368 g/mol. The number of rotatable bonds is 12. The predicted molar refractivity (Wildman–Crippen MR) is 105 cm³/mol. The van der Waals surface area contributed by atoms with E-state index in [0.717, 1.165) is 12.8 Å². The Labute approximate surface area is 162 Å². The number of benzene rings is 2. The topological polar surface area (TPSA) is 36.9 Å². The van der Waals surface area contributed by atoms with Crippen molar-refractivity contribution < 1.29 is 18.9 Å². The van der Waals surface area contributed by atoms with E-state index in [1.54, 1.807) is 14.2 Å². The molecule has 0 saturated heterocycles. The SMILES string of the molecule is COCCOCCC1(CCOCCOC)c2c[c]ccc2-c2cc[c]cc21. The third-order valence-corrected chi connectivity index (χ3v) is 5.26. The van der Waals surface area contributed by atoms with Gasteiger partial charge in [-0.05, 0) is 59.4 Å². The Bertz CT molecular complexity index is 652. The number of fused-ring (bicyclic) bond motifs is 3. The lowest BCUT2D eigenvalue weighted by Gasteiger charge is -2.32. The molecule has 0 N–H and O–H groups in total. The van der Waals surface area contributed by atoms with Crippen molar-refractivity contribution in [2.75, 3.05) is 53.9 Å². The Morgan fingerprint density at radius 2 is 1.19 bits per heavy atom. The summed E-state index contributed by atoms with van der Waals surface area (Å²) in [6.07, 6.45) is 1.78. The molecule has 1 aliphatic rings. The highest BCUT2D eigenvalue weighted by molar-refractivity contribution is 5.80. The highest BCUT2D eigenvalue weighted by Gasteiger charge is 2.42. The molecule has 2 aromatic rings. The second-order valence-corrected chi connectivity index (χ2v) is 6.74. The van der Waals surface area contributed by atoms with Crippen LogP contribution in [0, 0.1) is 12.1 Å². The lowest BCUT2D eigenvalue weighted by atomic mass is 9.73. The first kappa shape index (κ1) is 20.0. The van der Waals surface area contributed by atoms with Gasteiger partial charge in [-0.2, -0.15) is 0 Å². The molecule has 3 rings (SSSR count). The van der Waals surface area contributed by atoms with Gasteiger partial charge in [-0.15, -0.1) is 0 Å². The molecule has 0 aliphatic heterocycles. The molecule has 2 radical (unpaired) electrons. The molecule has 0 saturated carbocycles. The van der Waals surface area contributed by atoms with Crippen LogP contribution < -0.4 is 0 Å². The van der Waals surface area contributed by atoms with Crippen LogP contribution in [0.3, 0.4) is 0 Å². The quantitative estimate of drug-likeness (QED) is 0.536. The molecule has 0 heterocycles. The van der Waals surface area contributed by atoms with Crippen LogP contribution >= 0.6 is 0 Å². The number of methoxy groups -OCH3 is 2. The molecule has 0 spiro atoms. The Morgan fingerprint density at radius 1 is 0.704 bits per heavy atom. The van der Waals surface area contributed by atoms with Crippen LogP contribution in [0.4, 0.5) is 0 Å². The minimum Gasteiger partial charge on any atom is -0.382 e. The van der Waals surface area contributed by atoms with E-state index in [1.165, 1.54) is 22.3 Å². The van der Waals surface area contributed by atoms with Gasteiger partial charge < -0.3 is 18.9 Å². The largest absolute Gasteiger partial charge is 0.382 e. The van der Waals surface area contributed by atoms with Crippen LogP contribution in [0.25, 0.3) is 11.1 Å². The van der Waals surface area contributed by atoms with Crippen LogP contribution in [-0.2, 0) is 24.4 Å². The molecule has 27 heavy (non-hydrogen) atoms. The molecular weight excluding hydrogens is 340 g/mol. The van der Waals surface area contributed by atoms with Gasteiger partial charge in [0.15, 0.2) is 0 Å². The van der Waals surface area contributed by atoms with Crippen molar-refractivity contribution in [1.29, 1.82) is 0 Å². The fourth-order valence-electron chi connectivity index (χ4n) is 3.91. The van der Waals surface area contributed by atoms with Crippen molar-refractivity contribution in [1.82, 2.24) is 0 Å². The first-order valence-electron chi connectivity index (χ1n) is 9.48. The summed E-state index contributed by atoms with van der Waals surface area (Å²) >= 11 is 0. The molecule has 4 heteroatoms. The lowest BCUT2D eigenvalue weighted by Crippen LogP contribution is -2.29. The van der Waals surface area contributed by atoms with Gasteiger partial charge in [-0.1, -0.05) is 24.3 Å². The smallest absolute Gasteiger partial charge is 0.0700 e. The van der Waals surface area contributed by atoms with Crippen molar-refractivity contribution in [2.45, 2.75) is 18.3 Å². The summed E-state index contributed by atoms with van der Waals surface area (Å²) in [4.78, 5) is 0. The third-order valence-electron chi connectivity index (χ3n) is 5.26. The highest BCUT2D eigenvalue weighted by atomic mass is 16.5. The van der Waals surface area contributed by atoms with Gasteiger partial charge in [0.25, 0.3) is 0 Å². The first-order valence-corrected chi connectivity index (χ1v) is 9.48. The first-order chi connectivity index (χ1) is 13.3. The summed E-state index contributed by atoms with van der Waals surface area (Å²) in [5.74, 6) is 0.